The van der Waals surface area contributed by atoms with Gasteiger partial charge in [-0.2, -0.15) is 9.61 Å². The zero-order valence-electron chi connectivity index (χ0n) is 27.2. The van der Waals surface area contributed by atoms with E-state index in [-0.39, 0.29) is 23.6 Å². The van der Waals surface area contributed by atoms with Crippen molar-refractivity contribution in [3.8, 4) is 0 Å². The summed E-state index contributed by atoms with van der Waals surface area (Å²) < 4.78 is 13.2. The second-order valence-electron chi connectivity index (χ2n) is 14.2. The van der Waals surface area contributed by atoms with E-state index in [0.29, 0.717) is 35.2 Å². The van der Waals surface area contributed by atoms with Crippen molar-refractivity contribution >= 4 is 40.8 Å². The molecule has 3 aromatic rings. The predicted molar refractivity (Wildman–Crippen MR) is 170 cm³/mol. The van der Waals surface area contributed by atoms with Gasteiger partial charge in [-0.1, -0.05) is 19.9 Å². The molecule has 43 heavy (non-hydrogen) atoms. The third kappa shape index (κ3) is 7.50. The Balaban J connectivity index is 1.79. The van der Waals surface area contributed by atoms with Crippen LogP contribution < -0.4 is 16.0 Å². The molecule has 0 radical (unpaired) electrons. The number of rotatable bonds is 5. The molecule has 0 saturated carbocycles. The van der Waals surface area contributed by atoms with Crippen molar-refractivity contribution in [1.82, 2.24) is 19.5 Å². The number of anilines is 4. The van der Waals surface area contributed by atoms with Gasteiger partial charge in [-0.05, 0) is 92.3 Å². The van der Waals surface area contributed by atoms with Crippen LogP contribution in [0.2, 0.25) is 0 Å². The van der Waals surface area contributed by atoms with Gasteiger partial charge in [0.25, 0.3) is 0 Å². The standard InChI is InChI=1S/C32H47N7O4/c1-20(2)24-18-34-39-26(38(29(41)43-31(6,7)8)23-13-11-12-21(33)16-23)17-25(36-27(24)39)35-22-14-15-32(9,10)37(19-22)28(40)42-30(3,4)5/h11-13,16-18,20,22H,14-15,19,33H2,1-10H3,(H,35,36). The molecule has 3 heterocycles. The molecule has 1 atom stereocenters. The molecule has 11 heteroatoms. The van der Waals surface area contributed by atoms with Crippen molar-refractivity contribution in [2.24, 2.45) is 0 Å². The molecule has 4 rings (SSSR count). The molecule has 0 aliphatic carbocycles. The number of carbonyl (C=O) groups is 2. The maximum absolute atomic E-state index is 13.8. The first-order chi connectivity index (χ1) is 19.8. The number of piperidine rings is 1. The molecule has 2 aromatic heterocycles. The highest BCUT2D eigenvalue weighted by Crippen LogP contribution is 2.35. The molecular weight excluding hydrogens is 546 g/mol. The summed E-state index contributed by atoms with van der Waals surface area (Å²) in [5, 5.41) is 8.19. The van der Waals surface area contributed by atoms with Gasteiger partial charge in [0.1, 0.15) is 22.8 Å². The van der Waals surface area contributed by atoms with Crippen LogP contribution in [0.25, 0.3) is 5.65 Å². The number of likely N-dealkylation sites (tertiary alicyclic amines) is 1. The molecule has 3 N–H and O–H groups in total. The highest BCUT2D eigenvalue weighted by molar-refractivity contribution is 5.96. The van der Waals surface area contributed by atoms with E-state index in [4.69, 9.17) is 20.2 Å². The Morgan fingerprint density at radius 2 is 1.77 bits per heavy atom. The molecular formula is C32H47N7O4. The van der Waals surface area contributed by atoms with Crippen molar-refractivity contribution in [3.63, 3.8) is 0 Å². The molecule has 1 aliphatic rings. The third-order valence-corrected chi connectivity index (χ3v) is 7.24. The Labute approximate surface area is 254 Å². The second kappa shape index (κ2) is 11.6. The fourth-order valence-corrected chi connectivity index (χ4v) is 5.09. The molecule has 1 fully saturated rings. The smallest absolute Gasteiger partial charge is 0.420 e. The van der Waals surface area contributed by atoms with E-state index in [1.165, 1.54) is 4.90 Å². The normalized spacial score (nSPS) is 17.2. The van der Waals surface area contributed by atoms with Gasteiger partial charge in [-0.3, -0.25) is 0 Å². The first kappa shape index (κ1) is 31.9. The van der Waals surface area contributed by atoms with Gasteiger partial charge in [-0.15, -0.1) is 0 Å². The van der Waals surface area contributed by atoms with Crippen molar-refractivity contribution < 1.29 is 19.1 Å². The number of benzene rings is 1. The Bertz CT molecular complexity index is 1480. The van der Waals surface area contributed by atoms with Gasteiger partial charge < -0.3 is 25.4 Å². The number of hydrogen-bond donors (Lipinski definition) is 2. The first-order valence-corrected chi connectivity index (χ1v) is 14.9. The number of hydrogen-bond acceptors (Lipinski definition) is 8. The number of fused-ring (bicyclic) bond motifs is 1. The summed E-state index contributed by atoms with van der Waals surface area (Å²) in [6.07, 6.45) is 2.45. The van der Waals surface area contributed by atoms with Gasteiger partial charge in [-0.25, -0.2) is 19.5 Å². The van der Waals surface area contributed by atoms with Crippen LogP contribution in [0.1, 0.15) is 93.6 Å². The number of nitrogens with two attached hydrogens (primary N) is 1. The van der Waals surface area contributed by atoms with Crippen LogP contribution in [0.5, 0.6) is 0 Å². The number of carbonyl (C=O) groups excluding carboxylic acids is 2. The summed E-state index contributed by atoms with van der Waals surface area (Å²) in [5.74, 6) is 1.13. The van der Waals surface area contributed by atoms with Gasteiger partial charge in [0.05, 0.1) is 11.9 Å². The molecule has 11 nitrogen and oxygen atoms in total. The maximum atomic E-state index is 13.8. The maximum Gasteiger partial charge on any atom is 0.420 e. The van der Waals surface area contributed by atoms with Crippen molar-refractivity contribution in [1.29, 1.82) is 0 Å². The molecule has 1 saturated heterocycles. The van der Waals surface area contributed by atoms with Gasteiger partial charge >= 0.3 is 12.2 Å². The molecule has 1 aromatic carbocycles. The summed E-state index contributed by atoms with van der Waals surface area (Å²) in [4.78, 5) is 35.2. The SMILES string of the molecule is CC(C)c1cnn2c(N(C(=O)OC(C)(C)C)c3cccc(N)c3)cc(NC3CCC(C)(C)N(C(=O)OC(C)(C)C)C3)nc12. The van der Waals surface area contributed by atoms with Crippen LogP contribution in [0.4, 0.5) is 32.6 Å². The number of nitrogens with one attached hydrogen (secondary N) is 1. The van der Waals surface area contributed by atoms with Crippen LogP contribution in [-0.2, 0) is 9.47 Å². The van der Waals surface area contributed by atoms with Gasteiger partial charge in [0.2, 0.25) is 0 Å². The Hall–Kier alpha value is -4.02. The number of nitrogens with zero attached hydrogens (tertiary/aromatic N) is 5. The van der Waals surface area contributed by atoms with Crippen LogP contribution >= 0.6 is 0 Å². The van der Waals surface area contributed by atoms with Gasteiger partial charge in [0.15, 0.2) is 5.65 Å². The summed E-state index contributed by atoms with van der Waals surface area (Å²) in [6, 6.07) is 8.76. The van der Waals surface area contributed by atoms with E-state index >= 15 is 0 Å². The van der Waals surface area contributed by atoms with Crippen LogP contribution in [0, 0.1) is 0 Å². The molecule has 0 spiro atoms. The van der Waals surface area contributed by atoms with Crippen LogP contribution in [0.15, 0.2) is 36.5 Å². The lowest BCUT2D eigenvalue weighted by molar-refractivity contribution is -0.00828. The topological polar surface area (TPSA) is 127 Å². The lowest BCUT2D eigenvalue weighted by atomic mass is 9.88. The monoisotopic (exact) mass is 593 g/mol. The van der Waals surface area contributed by atoms with Crippen LogP contribution in [-0.4, -0.2) is 61.0 Å². The zero-order valence-corrected chi connectivity index (χ0v) is 27.2. The molecule has 1 aliphatic heterocycles. The fraction of sp³-hybridized carbons (Fsp3) is 0.562. The minimum Gasteiger partial charge on any atom is -0.444 e. The summed E-state index contributed by atoms with van der Waals surface area (Å²) in [7, 11) is 0. The average Bonchev–Trinajstić information content (AvgIpc) is 3.27. The lowest BCUT2D eigenvalue weighted by Crippen LogP contribution is -2.57. The minimum atomic E-state index is -0.740. The van der Waals surface area contributed by atoms with E-state index in [1.807, 2.05) is 41.5 Å². The summed E-state index contributed by atoms with van der Waals surface area (Å²) >= 11 is 0. The second-order valence-corrected chi connectivity index (χ2v) is 14.2. The van der Waals surface area contributed by atoms with E-state index in [9.17, 15) is 9.59 Å². The molecule has 0 bridgehead atoms. The lowest BCUT2D eigenvalue weighted by Gasteiger charge is -2.45. The van der Waals surface area contributed by atoms with Crippen molar-refractivity contribution in [3.05, 3.63) is 42.1 Å². The van der Waals surface area contributed by atoms with E-state index in [0.717, 1.165) is 18.4 Å². The molecule has 1 unspecified atom stereocenters. The fourth-order valence-electron chi connectivity index (χ4n) is 5.09. The number of aromatic nitrogens is 3. The number of nitrogen functional groups attached to an aromatic ring is 1. The Kier molecular flexibility index (Phi) is 8.59. The number of ether oxygens (including phenoxy) is 2. The summed E-state index contributed by atoms with van der Waals surface area (Å²) in [6.45, 7) is 19.8. The average molecular weight is 594 g/mol. The Morgan fingerprint density at radius 3 is 2.37 bits per heavy atom. The highest BCUT2D eigenvalue weighted by atomic mass is 16.6. The zero-order chi connectivity index (χ0) is 31.9. The van der Waals surface area contributed by atoms with Crippen molar-refractivity contribution in [2.75, 3.05) is 22.5 Å². The Morgan fingerprint density at radius 1 is 1.09 bits per heavy atom. The highest BCUT2D eigenvalue weighted by Gasteiger charge is 2.40. The summed E-state index contributed by atoms with van der Waals surface area (Å²) in [5.41, 5.74) is 7.03. The molecule has 2 amide bonds. The van der Waals surface area contributed by atoms with Crippen LogP contribution in [0.3, 0.4) is 0 Å². The van der Waals surface area contributed by atoms with E-state index < -0.39 is 17.3 Å². The quantitative estimate of drug-likeness (QED) is 0.300. The predicted octanol–water partition coefficient (Wildman–Crippen LogP) is 7.10. The van der Waals surface area contributed by atoms with Gasteiger partial charge in [0, 0.05) is 35.4 Å². The molecule has 234 valence electrons. The largest absolute Gasteiger partial charge is 0.444 e. The first-order valence-electron chi connectivity index (χ1n) is 14.9. The van der Waals surface area contributed by atoms with E-state index in [1.54, 1.807) is 45.9 Å². The number of amides is 2. The minimum absolute atomic E-state index is 0.101. The van der Waals surface area contributed by atoms with Crippen molar-refractivity contribution in [2.45, 2.75) is 111 Å². The third-order valence-electron chi connectivity index (χ3n) is 7.24. The van der Waals surface area contributed by atoms with E-state index in [2.05, 4.69) is 38.1 Å².